The average molecular weight is 499 g/mol. The van der Waals surface area contributed by atoms with E-state index in [1.807, 2.05) is 0 Å². The summed E-state index contributed by atoms with van der Waals surface area (Å²) in [6.07, 6.45) is 0.650. The first kappa shape index (κ1) is 27.6. The molecular weight excluding hydrogens is 467 g/mol. The number of hydrogen-bond donors (Lipinski definition) is 1. The first-order chi connectivity index (χ1) is 16.0. The fourth-order valence-electron chi connectivity index (χ4n) is 3.01. The summed E-state index contributed by atoms with van der Waals surface area (Å²) in [4.78, 5) is 11.7. The summed E-state index contributed by atoms with van der Waals surface area (Å²) in [5.41, 5.74) is -1.24. The molecule has 1 aliphatic heterocycles. The van der Waals surface area contributed by atoms with Gasteiger partial charge in [-0.1, -0.05) is 0 Å². The Labute approximate surface area is 199 Å². The minimum Gasteiger partial charge on any atom is -0.489 e. The maximum absolute atomic E-state index is 13.1. The van der Waals surface area contributed by atoms with E-state index in [9.17, 15) is 22.9 Å². The smallest absolute Gasteiger partial charge is 0.407 e. The lowest BCUT2D eigenvalue weighted by molar-refractivity contribution is -0.00192. The lowest BCUT2D eigenvalue weighted by atomic mass is 9.83. The molecule has 1 amide bonds. The van der Waals surface area contributed by atoms with Gasteiger partial charge in [-0.2, -0.15) is 5.26 Å². The molecule has 0 aromatic heterocycles. The Hall–Kier alpha value is -2.68. The molecule has 34 heavy (non-hydrogen) atoms. The number of sulfone groups is 1. The summed E-state index contributed by atoms with van der Waals surface area (Å²) >= 11 is 0. The first-order valence-corrected chi connectivity index (χ1v) is 12.4. The molecule has 1 N–H and O–H groups in total. The lowest BCUT2D eigenvalue weighted by Gasteiger charge is -2.30. The van der Waals surface area contributed by atoms with Gasteiger partial charge in [0.2, 0.25) is 9.84 Å². The van der Waals surface area contributed by atoms with Gasteiger partial charge in [-0.25, -0.2) is 17.6 Å². The zero-order valence-electron chi connectivity index (χ0n) is 19.6. The summed E-state index contributed by atoms with van der Waals surface area (Å²) in [5.74, 6) is -0.232. The van der Waals surface area contributed by atoms with E-state index in [0.29, 0.717) is 38.1 Å². The number of hydrogen-bond acceptors (Lipinski definition) is 8. The molecule has 1 heterocycles. The number of ether oxygens (including phenoxy) is 4. The fourth-order valence-corrected chi connectivity index (χ4v) is 4.00. The van der Waals surface area contributed by atoms with E-state index < -0.39 is 32.9 Å². The van der Waals surface area contributed by atoms with Crippen molar-refractivity contribution in [1.82, 2.24) is 5.32 Å². The van der Waals surface area contributed by atoms with Crippen LogP contribution < -0.4 is 10.1 Å². The highest BCUT2D eigenvalue weighted by Gasteiger charge is 2.33. The molecule has 0 radical (unpaired) electrons. The Balaban J connectivity index is 1.84. The van der Waals surface area contributed by atoms with Crippen LogP contribution in [0.5, 0.6) is 5.75 Å². The summed E-state index contributed by atoms with van der Waals surface area (Å²) < 4.78 is 59.4. The number of carbonyl (C=O) groups excluding carboxylic acids is 1. The van der Waals surface area contributed by atoms with Gasteiger partial charge in [-0.3, -0.25) is 0 Å². The van der Waals surface area contributed by atoms with Crippen LogP contribution in [0.3, 0.4) is 0 Å². The fraction of sp³-hybridized carbons (Fsp3) is 0.565. The number of benzene rings is 1. The van der Waals surface area contributed by atoms with Crippen molar-refractivity contribution in [3.8, 4) is 11.8 Å². The number of nitriles is 1. The van der Waals surface area contributed by atoms with Crippen LogP contribution in [0, 0.1) is 16.7 Å². The summed E-state index contributed by atoms with van der Waals surface area (Å²) in [6.45, 7) is 5.80. The van der Waals surface area contributed by atoms with Crippen molar-refractivity contribution in [2.75, 3.05) is 38.9 Å². The van der Waals surface area contributed by atoms with Gasteiger partial charge in [0.1, 0.15) is 18.0 Å². The molecule has 0 unspecified atom stereocenters. The molecule has 1 aromatic rings. The molecule has 1 aromatic carbocycles. The van der Waals surface area contributed by atoms with Crippen molar-refractivity contribution < 1.29 is 36.6 Å². The van der Waals surface area contributed by atoms with Gasteiger partial charge in [-0.15, -0.1) is 0 Å². The van der Waals surface area contributed by atoms with Gasteiger partial charge in [0, 0.05) is 25.3 Å². The lowest BCUT2D eigenvalue weighted by Crippen LogP contribution is -2.34. The minimum absolute atomic E-state index is 0.0168. The molecule has 2 rings (SSSR count). The van der Waals surface area contributed by atoms with Gasteiger partial charge in [-0.05, 0) is 57.9 Å². The minimum atomic E-state index is -3.73. The third kappa shape index (κ3) is 8.93. The second-order valence-corrected chi connectivity index (χ2v) is 10.9. The predicted molar refractivity (Wildman–Crippen MR) is 121 cm³/mol. The van der Waals surface area contributed by atoms with Crippen LogP contribution in [0.2, 0.25) is 0 Å². The van der Waals surface area contributed by atoms with E-state index in [1.165, 1.54) is 24.3 Å². The Morgan fingerprint density at radius 1 is 1.26 bits per heavy atom. The molecule has 1 saturated heterocycles. The highest BCUT2D eigenvalue weighted by Crippen LogP contribution is 2.30. The van der Waals surface area contributed by atoms with E-state index in [0.717, 1.165) is 0 Å². The zero-order valence-corrected chi connectivity index (χ0v) is 20.5. The van der Waals surface area contributed by atoms with E-state index in [-0.39, 0.29) is 30.2 Å². The molecule has 0 saturated carbocycles. The molecule has 11 heteroatoms. The van der Waals surface area contributed by atoms with Gasteiger partial charge in [0.05, 0.1) is 29.3 Å². The number of amides is 1. The number of nitrogens with zero attached hydrogens (tertiary/aromatic N) is 1. The summed E-state index contributed by atoms with van der Waals surface area (Å²) in [5, 5.41) is 11.9. The van der Waals surface area contributed by atoms with Crippen molar-refractivity contribution in [2.24, 2.45) is 5.41 Å². The number of alkyl carbamates (subject to hydrolysis) is 1. The van der Waals surface area contributed by atoms with Crippen LogP contribution in [0.4, 0.5) is 9.18 Å². The van der Waals surface area contributed by atoms with Crippen LogP contribution in [-0.4, -0.2) is 59.0 Å². The monoisotopic (exact) mass is 498 g/mol. The van der Waals surface area contributed by atoms with Crippen LogP contribution >= 0.6 is 0 Å². The summed E-state index contributed by atoms with van der Waals surface area (Å²) in [7, 11) is -3.73. The van der Waals surface area contributed by atoms with Crippen LogP contribution in [0.1, 0.15) is 33.6 Å². The largest absolute Gasteiger partial charge is 0.489 e. The molecule has 0 atom stereocenters. The maximum Gasteiger partial charge on any atom is 0.407 e. The van der Waals surface area contributed by atoms with Crippen LogP contribution in [0.25, 0.3) is 0 Å². The molecular formula is C23H31FN2O7S. The number of nitrogens with one attached hydrogen (secondary N) is 1. The van der Waals surface area contributed by atoms with E-state index in [1.54, 1.807) is 20.8 Å². The Morgan fingerprint density at radius 2 is 1.91 bits per heavy atom. The topological polar surface area (TPSA) is 124 Å². The maximum atomic E-state index is 13.1. The molecule has 0 aliphatic carbocycles. The predicted octanol–water partition coefficient (Wildman–Crippen LogP) is 3.51. The Kier molecular flexibility index (Phi) is 9.85. The van der Waals surface area contributed by atoms with E-state index >= 15 is 0 Å². The third-order valence-electron chi connectivity index (χ3n) is 4.92. The molecule has 9 nitrogen and oxygen atoms in total. The number of rotatable bonds is 10. The number of carbonyl (C=O) groups is 1. The third-order valence-corrected chi connectivity index (χ3v) is 6.39. The van der Waals surface area contributed by atoms with Gasteiger partial charge in [0.15, 0.2) is 5.94 Å². The van der Waals surface area contributed by atoms with Crippen molar-refractivity contribution in [2.45, 2.75) is 44.1 Å². The van der Waals surface area contributed by atoms with Gasteiger partial charge >= 0.3 is 6.09 Å². The molecule has 1 fully saturated rings. The zero-order chi connectivity index (χ0) is 25.2. The molecule has 0 bridgehead atoms. The Bertz CT molecular complexity index is 990. The average Bonchev–Trinajstić information content (AvgIpc) is 2.79. The van der Waals surface area contributed by atoms with Crippen LogP contribution in [0.15, 0.2) is 41.1 Å². The second kappa shape index (κ2) is 12.1. The van der Waals surface area contributed by atoms with Crippen LogP contribution in [-0.2, 0) is 24.0 Å². The molecule has 0 spiro atoms. The second-order valence-electron chi connectivity index (χ2n) is 8.97. The SMILES string of the molecule is CC(C)(C)OC(=O)NC/C(=C\F)COc1ccc(S(=O)(=O)COCC2(C#N)CCOCC2)cc1. The van der Waals surface area contributed by atoms with Crippen molar-refractivity contribution in [3.63, 3.8) is 0 Å². The molecule has 188 valence electrons. The van der Waals surface area contributed by atoms with Gasteiger partial charge in [0.25, 0.3) is 0 Å². The highest BCUT2D eigenvalue weighted by molar-refractivity contribution is 7.91. The summed E-state index contributed by atoms with van der Waals surface area (Å²) in [6, 6.07) is 7.84. The van der Waals surface area contributed by atoms with E-state index in [2.05, 4.69) is 11.4 Å². The van der Waals surface area contributed by atoms with Crippen molar-refractivity contribution in [1.29, 1.82) is 5.26 Å². The van der Waals surface area contributed by atoms with Gasteiger partial charge < -0.3 is 24.3 Å². The molecule has 1 aliphatic rings. The standard InChI is InChI=1S/C23H31FN2O7S/c1-22(2,3)33-21(27)26-13-18(12-24)14-32-19-4-6-20(7-5-19)34(28,29)17-31-16-23(15-25)8-10-30-11-9-23/h4-7,12H,8-11,13-14,16-17H2,1-3H3,(H,26,27)/b18-12+. The van der Waals surface area contributed by atoms with Crippen molar-refractivity contribution in [3.05, 3.63) is 36.2 Å². The normalized spacial score (nSPS) is 16.4. The Morgan fingerprint density at radius 3 is 2.47 bits per heavy atom. The quantitative estimate of drug-likeness (QED) is 0.520. The number of halogens is 1. The van der Waals surface area contributed by atoms with E-state index in [4.69, 9.17) is 18.9 Å². The highest BCUT2D eigenvalue weighted by atomic mass is 32.2. The first-order valence-electron chi connectivity index (χ1n) is 10.8. The van der Waals surface area contributed by atoms with Crippen molar-refractivity contribution >= 4 is 15.9 Å².